The van der Waals surface area contributed by atoms with Gasteiger partial charge < -0.3 is 42.9 Å². The van der Waals surface area contributed by atoms with Crippen LogP contribution in [0.25, 0.3) is 43.1 Å². The second-order valence-corrected chi connectivity index (χ2v) is 14.8. The monoisotopic (exact) mass is 634 g/mol. The van der Waals surface area contributed by atoms with Crippen molar-refractivity contribution in [1.29, 1.82) is 0 Å². The molecule has 11 rings (SSSR count). The van der Waals surface area contributed by atoms with Crippen LogP contribution in [0.1, 0.15) is 45.2 Å². The number of aliphatic hydroxyl groups excluding tert-OH is 2. The van der Waals surface area contributed by atoms with E-state index in [0.29, 0.717) is 22.7 Å². The van der Waals surface area contributed by atoms with E-state index >= 15 is 0 Å². The number of anilines is 6. The summed E-state index contributed by atoms with van der Waals surface area (Å²) < 4.78 is 0. The Morgan fingerprint density at radius 3 is 0.958 bits per heavy atom. The van der Waals surface area contributed by atoms with Crippen molar-refractivity contribution >= 4 is 77.2 Å². The Balaban J connectivity index is 1.21. The highest BCUT2D eigenvalue weighted by molar-refractivity contribution is 6.24. The lowest BCUT2D eigenvalue weighted by molar-refractivity contribution is -0.0765. The number of hydrogen-bond donors (Lipinski definition) is 6. The van der Waals surface area contributed by atoms with Crippen molar-refractivity contribution in [1.82, 2.24) is 0 Å². The maximum atomic E-state index is 12.6. The first kappa shape index (κ1) is 27.1. The fourth-order valence-corrected chi connectivity index (χ4v) is 10.6. The van der Waals surface area contributed by atoms with Crippen molar-refractivity contribution in [3.8, 4) is 0 Å². The van der Waals surface area contributed by atoms with Crippen molar-refractivity contribution in [2.24, 2.45) is 0 Å². The fraction of sp³-hybridized carbons (Fsp3) is 0.300. The van der Waals surface area contributed by atoms with Gasteiger partial charge in [0, 0.05) is 104 Å². The van der Waals surface area contributed by atoms with Gasteiger partial charge in [-0.3, -0.25) is 0 Å². The van der Waals surface area contributed by atoms with Crippen molar-refractivity contribution in [3.63, 3.8) is 0 Å². The number of benzene rings is 6. The quantitative estimate of drug-likeness (QED) is 0.114. The van der Waals surface area contributed by atoms with E-state index < -0.39 is 24.0 Å². The van der Waals surface area contributed by atoms with Crippen molar-refractivity contribution in [3.05, 3.63) is 81.9 Å². The molecule has 6 aromatic rings. The van der Waals surface area contributed by atoms with E-state index in [-0.39, 0.29) is 0 Å². The second-order valence-electron chi connectivity index (χ2n) is 14.8. The Bertz CT molecular complexity index is 2160. The minimum Gasteiger partial charge on any atom is -0.398 e. The number of rotatable bonds is 2. The molecule has 1 saturated carbocycles. The largest absolute Gasteiger partial charge is 0.398 e. The lowest BCUT2D eigenvalue weighted by atomic mass is 9.60. The van der Waals surface area contributed by atoms with Crippen LogP contribution in [0.5, 0.6) is 0 Å². The van der Waals surface area contributed by atoms with E-state index in [9.17, 15) is 10.2 Å². The molecule has 0 bridgehead atoms. The standard InChI is InChI=1S/C40H38N6O2/c41-21-5-1-17-9-13-45-14-10-18-2-6-22(42)30-26(18)37(45)25(17)29(21)33(30)35-39(47)36(40(35)48)34-31-23(43)7-3-19-11-15-46-16-12-20-4-8-24(44)32(34)28(20)38(46)27(19)31/h1-8,35-36,39-40,47-48H,9-16,41-44H2. The summed E-state index contributed by atoms with van der Waals surface area (Å²) in [5.74, 6) is -1.21. The SMILES string of the molecule is Nc1ccc2c3c4c5c(ccc(N)c5c(C5C(O)C(c6c7c(N)ccc8c7c7c9c(ccc(N)c69)CCN7CC8)C5O)c13)CCN4CC2. The summed E-state index contributed by atoms with van der Waals surface area (Å²) in [7, 11) is 0. The summed E-state index contributed by atoms with van der Waals surface area (Å²) in [4.78, 5) is 4.95. The molecular weight excluding hydrogens is 596 g/mol. The first-order valence-corrected chi connectivity index (χ1v) is 17.4. The smallest absolute Gasteiger partial charge is 0.0728 e. The van der Waals surface area contributed by atoms with Crippen LogP contribution in [0.15, 0.2) is 48.5 Å². The highest BCUT2D eigenvalue weighted by Gasteiger charge is 2.54. The van der Waals surface area contributed by atoms with Gasteiger partial charge in [0.15, 0.2) is 0 Å². The molecule has 240 valence electrons. The summed E-state index contributed by atoms with van der Waals surface area (Å²) in [6.45, 7) is 3.80. The average molecular weight is 635 g/mol. The van der Waals surface area contributed by atoms with Crippen molar-refractivity contribution < 1.29 is 10.2 Å². The van der Waals surface area contributed by atoms with Gasteiger partial charge in [-0.2, -0.15) is 0 Å². The van der Waals surface area contributed by atoms with Crippen LogP contribution < -0.4 is 32.7 Å². The highest BCUT2D eigenvalue weighted by atomic mass is 16.3. The van der Waals surface area contributed by atoms with Gasteiger partial charge in [-0.1, -0.05) is 24.3 Å². The Hall–Kier alpha value is -4.92. The summed E-state index contributed by atoms with van der Waals surface area (Å²) in [6.07, 6.45) is 1.86. The summed E-state index contributed by atoms with van der Waals surface area (Å²) in [5, 5.41) is 33.4. The topological polar surface area (TPSA) is 151 Å². The first-order chi connectivity index (χ1) is 23.3. The van der Waals surface area contributed by atoms with Gasteiger partial charge in [-0.05, 0) is 83.3 Å². The van der Waals surface area contributed by atoms with Gasteiger partial charge in [0.25, 0.3) is 0 Å². The Morgan fingerprint density at radius 2 is 0.688 bits per heavy atom. The van der Waals surface area contributed by atoms with Crippen molar-refractivity contribution in [2.75, 3.05) is 58.9 Å². The molecule has 1 aliphatic carbocycles. The van der Waals surface area contributed by atoms with Crippen LogP contribution in [0.3, 0.4) is 0 Å². The molecule has 0 radical (unpaired) electrons. The fourth-order valence-electron chi connectivity index (χ4n) is 10.6. The minimum atomic E-state index is -0.921. The predicted octanol–water partition coefficient (Wildman–Crippen LogP) is 5.07. The molecule has 0 saturated heterocycles. The molecule has 6 aromatic carbocycles. The van der Waals surface area contributed by atoms with E-state index in [0.717, 1.165) is 106 Å². The normalized spacial score (nSPS) is 23.6. The molecular formula is C40H38N6O2. The highest BCUT2D eigenvalue weighted by Crippen LogP contribution is 2.60. The van der Waals surface area contributed by atoms with Crippen LogP contribution in [-0.2, 0) is 25.7 Å². The molecule has 1 fully saturated rings. The molecule has 8 nitrogen and oxygen atoms in total. The molecule has 0 unspecified atom stereocenters. The van der Waals surface area contributed by atoms with E-state index in [1.807, 2.05) is 24.3 Å². The van der Waals surface area contributed by atoms with Crippen LogP contribution in [-0.4, -0.2) is 48.6 Å². The molecule has 10 N–H and O–H groups in total. The third-order valence-electron chi connectivity index (χ3n) is 12.7. The van der Waals surface area contributed by atoms with Gasteiger partial charge in [0.1, 0.15) is 0 Å². The lowest BCUT2D eigenvalue weighted by Crippen LogP contribution is -2.52. The Kier molecular flexibility index (Phi) is 5.05. The molecule has 0 aromatic heterocycles. The van der Waals surface area contributed by atoms with Crippen LogP contribution in [0.4, 0.5) is 34.1 Å². The molecule has 4 heterocycles. The maximum Gasteiger partial charge on any atom is 0.0728 e. The van der Waals surface area contributed by atoms with Crippen molar-refractivity contribution in [2.45, 2.75) is 49.7 Å². The van der Waals surface area contributed by atoms with E-state index in [4.69, 9.17) is 22.9 Å². The third kappa shape index (κ3) is 3.05. The Labute approximate surface area is 277 Å². The lowest BCUT2D eigenvalue weighted by Gasteiger charge is -2.50. The zero-order valence-electron chi connectivity index (χ0n) is 26.7. The molecule has 0 amide bonds. The van der Waals surface area contributed by atoms with Crippen LogP contribution in [0.2, 0.25) is 0 Å². The summed E-state index contributed by atoms with van der Waals surface area (Å²) in [6, 6.07) is 16.5. The molecule has 0 spiro atoms. The maximum absolute atomic E-state index is 12.6. The first-order valence-electron chi connectivity index (χ1n) is 17.4. The average Bonchev–Trinajstić information content (AvgIpc) is 3.09. The van der Waals surface area contributed by atoms with Gasteiger partial charge in [-0.15, -0.1) is 0 Å². The van der Waals surface area contributed by atoms with E-state index in [2.05, 4.69) is 34.1 Å². The number of nitrogens with two attached hydrogens (primary N) is 4. The van der Waals surface area contributed by atoms with E-state index in [1.54, 1.807) is 0 Å². The van der Waals surface area contributed by atoms with Gasteiger partial charge in [-0.25, -0.2) is 0 Å². The van der Waals surface area contributed by atoms with E-state index in [1.165, 1.54) is 33.6 Å². The van der Waals surface area contributed by atoms with Crippen LogP contribution in [0, 0.1) is 0 Å². The minimum absolute atomic E-state index is 0.604. The molecule has 5 aliphatic rings. The molecule has 0 atom stereocenters. The molecule has 8 heteroatoms. The second kappa shape index (κ2) is 8.95. The number of hydrogen-bond acceptors (Lipinski definition) is 8. The zero-order valence-corrected chi connectivity index (χ0v) is 26.7. The van der Waals surface area contributed by atoms with Gasteiger partial charge in [0.05, 0.1) is 23.6 Å². The number of aliphatic hydroxyl groups is 2. The van der Waals surface area contributed by atoms with Gasteiger partial charge in [0.2, 0.25) is 0 Å². The number of nitrogens with zero attached hydrogens (tertiary/aromatic N) is 2. The summed E-state index contributed by atoms with van der Waals surface area (Å²) in [5.41, 5.74) is 39.3. The van der Waals surface area contributed by atoms with Gasteiger partial charge >= 0.3 is 0 Å². The number of nitrogen functional groups attached to an aromatic ring is 4. The predicted molar refractivity (Wildman–Crippen MR) is 197 cm³/mol. The Morgan fingerprint density at radius 1 is 0.417 bits per heavy atom. The third-order valence-corrected chi connectivity index (χ3v) is 12.7. The molecule has 48 heavy (non-hydrogen) atoms. The zero-order chi connectivity index (χ0) is 32.3. The van der Waals surface area contributed by atoms with Crippen LogP contribution >= 0.6 is 0 Å². The summed E-state index contributed by atoms with van der Waals surface area (Å²) >= 11 is 0. The molecule has 4 aliphatic heterocycles.